The molecule has 6 heteroatoms. The molecule has 4 aromatic rings. The zero-order valence-electron chi connectivity index (χ0n) is 16.5. The van der Waals surface area contributed by atoms with E-state index in [0.29, 0.717) is 5.82 Å². The second-order valence-electron chi connectivity index (χ2n) is 7.28. The lowest BCUT2D eigenvalue weighted by Gasteiger charge is -2.19. The Labute approximate surface area is 173 Å². The maximum absolute atomic E-state index is 5.56. The van der Waals surface area contributed by atoms with Gasteiger partial charge in [0.15, 0.2) is 5.82 Å². The number of ether oxygens (including phenoxy) is 1. The third-order valence-electron chi connectivity index (χ3n) is 5.44. The summed E-state index contributed by atoms with van der Waals surface area (Å²) in [5.41, 5.74) is 3.45. The molecule has 0 fully saturated rings. The van der Waals surface area contributed by atoms with Crippen molar-refractivity contribution in [1.29, 1.82) is 0 Å². The number of methoxy groups -OCH3 is 1. The minimum atomic E-state index is 0.0444. The van der Waals surface area contributed by atoms with Crippen LogP contribution in [0.1, 0.15) is 35.4 Å². The van der Waals surface area contributed by atoms with Crippen LogP contribution in [-0.2, 0) is 12.8 Å². The molecule has 5 nitrogen and oxygen atoms in total. The van der Waals surface area contributed by atoms with Crippen molar-refractivity contribution < 1.29 is 4.74 Å². The van der Waals surface area contributed by atoms with E-state index in [9.17, 15) is 0 Å². The molecule has 0 aliphatic heterocycles. The van der Waals surface area contributed by atoms with Crippen molar-refractivity contribution in [3.8, 4) is 17.1 Å². The van der Waals surface area contributed by atoms with E-state index in [4.69, 9.17) is 14.7 Å². The summed E-state index contributed by atoms with van der Waals surface area (Å²) in [6, 6.07) is 12.1. The summed E-state index contributed by atoms with van der Waals surface area (Å²) in [6.45, 7) is 2.14. The van der Waals surface area contributed by atoms with Crippen molar-refractivity contribution >= 4 is 27.4 Å². The van der Waals surface area contributed by atoms with Crippen LogP contribution in [0.4, 0.5) is 5.82 Å². The van der Waals surface area contributed by atoms with Gasteiger partial charge in [-0.05, 0) is 49.9 Å². The molecule has 0 saturated heterocycles. The summed E-state index contributed by atoms with van der Waals surface area (Å²) in [5, 5.41) is 4.83. The Bertz CT molecular complexity index is 1170. The molecule has 0 spiro atoms. The fraction of sp³-hybridized carbons (Fsp3) is 0.261. The summed E-state index contributed by atoms with van der Waals surface area (Å²) >= 11 is 1.80. The number of aromatic nitrogens is 3. The van der Waals surface area contributed by atoms with Gasteiger partial charge in [-0.2, -0.15) is 0 Å². The van der Waals surface area contributed by atoms with E-state index in [1.54, 1.807) is 24.6 Å². The van der Waals surface area contributed by atoms with Gasteiger partial charge < -0.3 is 10.1 Å². The van der Waals surface area contributed by atoms with Gasteiger partial charge in [0, 0.05) is 28.4 Å². The molecule has 1 aliphatic rings. The lowest BCUT2D eigenvalue weighted by atomic mass is 10.1. The van der Waals surface area contributed by atoms with Crippen LogP contribution in [0.5, 0.6) is 5.75 Å². The molecule has 0 bridgehead atoms. The number of thiophene rings is 1. The lowest BCUT2D eigenvalue weighted by molar-refractivity contribution is 0.408. The average Bonchev–Trinajstić information content (AvgIpc) is 3.35. The van der Waals surface area contributed by atoms with Crippen LogP contribution in [0.25, 0.3) is 21.6 Å². The molecule has 0 amide bonds. The van der Waals surface area contributed by atoms with E-state index in [1.165, 1.54) is 22.2 Å². The monoisotopic (exact) mass is 402 g/mol. The van der Waals surface area contributed by atoms with E-state index < -0.39 is 0 Å². The number of hydrogen-bond donors (Lipinski definition) is 1. The molecule has 1 aromatic carbocycles. The van der Waals surface area contributed by atoms with Crippen LogP contribution >= 0.6 is 11.3 Å². The SMILES string of the molecule is COc1ccccc1[C@H](C)Nc1nc(-c2cccnc2)nc2sc3c(c12)CCC3. The number of hydrogen-bond acceptors (Lipinski definition) is 6. The summed E-state index contributed by atoms with van der Waals surface area (Å²) < 4.78 is 5.56. The molecule has 0 radical (unpaired) electrons. The fourth-order valence-electron chi connectivity index (χ4n) is 4.03. The molecule has 1 atom stereocenters. The number of nitrogens with one attached hydrogen (secondary N) is 1. The Morgan fingerprint density at radius 1 is 1.10 bits per heavy atom. The molecule has 1 aliphatic carbocycles. The first kappa shape index (κ1) is 18.1. The quantitative estimate of drug-likeness (QED) is 0.483. The molecule has 3 heterocycles. The first-order valence-electron chi connectivity index (χ1n) is 9.86. The Morgan fingerprint density at radius 2 is 2.00 bits per heavy atom. The smallest absolute Gasteiger partial charge is 0.164 e. The number of pyridine rings is 1. The largest absolute Gasteiger partial charge is 0.496 e. The predicted octanol–water partition coefficient (Wildman–Crippen LogP) is 5.42. The number of rotatable bonds is 5. The zero-order valence-corrected chi connectivity index (χ0v) is 17.3. The Morgan fingerprint density at radius 3 is 2.83 bits per heavy atom. The highest BCUT2D eigenvalue weighted by Gasteiger charge is 2.24. The Hall–Kier alpha value is -2.99. The number of para-hydroxylation sites is 1. The van der Waals surface area contributed by atoms with Crippen LogP contribution in [0.2, 0.25) is 0 Å². The third-order valence-corrected chi connectivity index (χ3v) is 6.63. The maximum Gasteiger partial charge on any atom is 0.164 e. The predicted molar refractivity (Wildman–Crippen MR) is 118 cm³/mol. The van der Waals surface area contributed by atoms with Crippen LogP contribution in [0, 0.1) is 0 Å². The van der Waals surface area contributed by atoms with Crippen LogP contribution in [-0.4, -0.2) is 22.1 Å². The molecular weight excluding hydrogens is 380 g/mol. The van der Waals surface area contributed by atoms with Gasteiger partial charge in [0.05, 0.1) is 18.5 Å². The summed E-state index contributed by atoms with van der Waals surface area (Å²) in [5.74, 6) is 2.48. The van der Waals surface area contributed by atoms with Crippen molar-refractivity contribution in [2.75, 3.05) is 12.4 Å². The van der Waals surface area contributed by atoms with Gasteiger partial charge >= 0.3 is 0 Å². The van der Waals surface area contributed by atoms with Crippen molar-refractivity contribution in [2.45, 2.75) is 32.2 Å². The van der Waals surface area contributed by atoms with Gasteiger partial charge in [0.1, 0.15) is 16.4 Å². The second kappa shape index (κ2) is 7.44. The number of anilines is 1. The van der Waals surface area contributed by atoms with Crippen molar-refractivity contribution in [2.24, 2.45) is 0 Å². The van der Waals surface area contributed by atoms with Gasteiger partial charge in [0.25, 0.3) is 0 Å². The average molecular weight is 403 g/mol. The molecule has 29 heavy (non-hydrogen) atoms. The summed E-state index contributed by atoms with van der Waals surface area (Å²) in [7, 11) is 1.71. The highest BCUT2D eigenvalue weighted by atomic mass is 32.1. The summed E-state index contributed by atoms with van der Waals surface area (Å²) in [6.07, 6.45) is 7.03. The van der Waals surface area contributed by atoms with Gasteiger partial charge in [-0.3, -0.25) is 4.98 Å². The number of fused-ring (bicyclic) bond motifs is 3. The van der Waals surface area contributed by atoms with Crippen molar-refractivity contribution in [1.82, 2.24) is 15.0 Å². The normalized spacial score (nSPS) is 14.0. The first-order chi connectivity index (χ1) is 14.2. The number of nitrogens with zero attached hydrogens (tertiary/aromatic N) is 3. The van der Waals surface area contributed by atoms with Crippen LogP contribution in [0.15, 0.2) is 48.8 Å². The van der Waals surface area contributed by atoms with Crippen LogP contribution < -0.4 is 10.1 Å². The molecule has 0 unspecified atom stereocenters. The molecule has 0 saturated carbocycles. The van der Waals surface area contributed by atoms with Gasteiger partial charge in [0.2, 0.25) is 0 Å². The third kappa shape index (κ3) is 3.23. The minimum absolute atomic E-state index is 0.0444. The minimum Gasteiger partial charge on any atom is -0.496 e. The van der Waals surface area contributed by atoms with Gasteiger partial charge in [-0.15, -0.1) is 11.3 Å². The highest BCUT2D eigenvalue weighted by molar-refractivity contribution is 7.19. The standard InChI is InChI=1S/C23H22N4OS/c1-14(16-8-3-4-10-18(16)28-2)25-22-20-17-9-5-11-19(17)29-23(20)27-21(26-22)15-7-6-12-24-13-15/h3-4,6-8,10,12-14H,5,9,11H2,1-2H3,(H,25,26,27)/t14-/m0/s1. The Balaban J connectivity index is 1.63. The molecule has 1 N–H and O–H groups in total. The number of benzene rings is 1. The Kier molecular flexibility index (Phi) is 4.64. The van der Waals surface area contributed by atoms with Crippen molar-refractivity contribution in [3.63, 3.8) is 0 Å². The summed E-state index contributed by atoms with van der Waals surface area (Å²) in [4.78, 5) is 16.6. The van der Waals surface area contributed by atoms with Crippen molar-refractivity contribution in [3.05, 3.63) is 64.8 Å². The molecule has 5 rings (SSSR count). The van der Waals surface area contributed by atoms with E-state index in [-0.39, 0.29) is 6.04 Å². The second-order valence-corrected chi connectivity index (χ2v) is 8.37. The first-order valence-corrected chi connectivity index (χ1v) is 10.7. The van der Waals surface area contributed by atoms with Crippen LogP contribution in [0.3, 0.4) is 0 Å². The highest BCUT2D eigenvalue weighted by Crippen LogP contribution is 2.41. The topological polar surface area (TPSA) is 59.9 Å². The van der Waals surface area contributed by atoms with Gasteiger partial charge in [-0.25, -0.2) is 9.97 Å². The van der Waals surface area contributed by atoms with E-state index in [0.717, 1.165) is 40.4 Å². The van der Waals surface area contributed by atoms with E-state index in [2.05, 4.69) is 23.3 Å². The maximum atomic E-state index is 5.56. The molecule has 146 valence electrons. The molecular formula is C23H22N4OS. The molecule has 3 aromatic heterocycles. The van der Waals surface area contributed by atoms with E-state index >= 15 is 0 Å². The lowest BCUT2D eigenvalue weighted by Crippen LogP contribution is -2.10. The van der Waals surface area contributed by atoms with E-state index in [1.807, 2.05) is 36.5 Å². The number of aryl methyl sites for hydroxylation is 2. The zero-order chi connectivity index (χ0) is 19.8. The van der Waals surface area contributed by atoms with Gasteiger partial charge in [-0.1, -0.05) is 18.2 Å². The fourth-order valence-corrected chi connectivity index (χ4v) is 5.29.